The van der Waals surface area contributed by atoms with Crippen molar-refractivity contribution in [1.29, 1.82) is 0 Å². The first-order valence-electron chi connectivity index (χ1n) is 12.5. The number of fused-ring (bicyclic) bond motifs is 3. The first-order valence-corrected chi connectivity index (χ1v) is 12.5. The number of aliphatic hydroxyl groups is 3. The third-order valence-corrected chi connectivity index (χ3v) is 10.7. The Hall–Kier alpha value is -1.74. The van der Waals surface area contributed by atoms with Gasteiger partial charge in [0, 0.05) is 24.3 Å². The fourth-order valence-corrected chi connectivity index (χ4v) is 9.13. The van der Waals surface area contributed by atoms with Crippen LogP contribution in [0.1, 0.15) is 64.4 Å². The van der Waals surface area contributed by atoms with Crippen molar-refractivity contribution in [3.05, 3.63) is 34.4 Å². The summed E-state index contributed by atoms with van der Waals surface area (Å²) < 4.78 is 17.5. The monoisotopic (exact) mass is 474 g/mol. The zero-order valence-electron chi connectivity index (χ0n) is 19.8. The maximum absolute atomic E-state index is 12.1. The molecule has 2 heterocycles. The van der Waals surface area contributed by atoms with E-state index in [0.29, 0.717) is 12.8 Å². The number of hydrogen-bond donors (Lipinski definition) is 3. The lowest BCUT2D eigenvalue weighted by Crippen LogP contribution is -2.64. The van der Waals surface area contributed by atoms with Crippen molar-refractivity contribution in [2.24, 2.45) is 28.6 Å². The van der Waals surface area contributed by atoms with Gasteiger partial charge in [-0.3, -0.25) is 4.79 Å². The number of ether oxygens (including phenoxy) is 2. The van der Waals surface area contributed by atoms with E-state index < -0.39 is 47.0 Å². The molecule has 0 bridgehead atoms. The van der Waals surface area contributed by atoms with E-state index in [0.717, 1.165) is 24.8 Å². The summed E-state index contributed by atoms with van der Waals surface area (Å²) in [4.78, 5) is 23.7. The Morgan fingerprint density at radius 2 is 1.82 bits per heavy atom. The minimum atomic E-state index is -0.754. The van der Waals surface area contributed by atoms with E-state index in [1.54, 1.807) is 6.07 Å². The van der Waals surface area contributed by atoms with Crippen molar-refractivity contribution in [3.63, 3.8) is 0 Å². The highest BCUT2D eigenvalue weighted by molar-refractivity contribution is 5.67. The van der Waals surface area contributed by atoms with Gasteiger partial charge in [0.15, 0.2) is 0 Å². The molecule has 5 fully saturated rings. The highest BCUT2D eigenvalue weighted by Crippen LogP contribution is 2.78. The SMILES string of the molecule is CC(=O)O[C@H]1[C@H]2O[C@]23[C@@H]2CCC4[C@@H](O)[C@@H](O)CC[C@]4(C)[C@H]2C[C@H](O)[C@]3(C)[C@H]1c1ccc(=O)oc1. The standard InChI is InChI=1S/C26H34O8/c1-12(27)33-22-20(13-4-7-19(30)32-11-13)25(3)18(29)10-16-14(26(25)23(22)34-26)5-6-15-21(31)17(28)8-9-24(15,16)2/h4,7,11,14-18,20-23,28-29,31H,5-6,8-10H2,1-3H3/t14-,15?,16+,17+,18+,20+,21-,22-,23-,24+,25-,26-/m1/s1. The average Bonchev–Trinajstić information content (AvgIpc) is 3.49. The smallest absolute Gasteiger partial charge is 0.335 e. The fourth-order valence-electron chi connectivity index (χ4n) is 9.13. The van der Waals surface area contributed by atoms with Crippen LogP contribution in [-0.4, -0.2) is 57.4 Å². The normalized spacial score (nSPS) is 53.2. The van der Waals surface area contributed by atoms with E-state index in [4.69, 9.17) is 13.9 Å². The van der Waals surface area contributed by atoms with E-state index in [1.807, 2.05) is 6.92 Å². The molecule has 34 heavy (non-hydrogen) atoms. The number of hydrogen-bond acceptors (Lipinski definition) is 8. The molecule has 0 radical (unpaired) electrons. The molecule has 6 rings (SSSR count). The molecule has 0 aromatic carbocycles. The third kappa shape index (κ3) is 2.63. The second-order valence-corrected chi connectivity index (χ2v) is 11.8. The molecule has 5 aliphatic rings. The number of carbonyl (C=O) groups excluding carboxylic acids is 1. The number of aliphatic hydroxyl groups excluding tert-OH is 3. The third-order valence-electron chi connectivity index (χ3n) is 10.7. The van der Waals surface area contributed by atoms with Gasteiger partial charge in [0.2, 0.25) is 0 Å². The lowest BCUT2D eigenvalue weighted by Gasteiger charge is -2.62. The molecule has 0 amide bonds. The van der Waals surface area contributed by atoms with Gasteiger partial charge in [-0.25, -0.2) is 4.79 Å². The van der Waals surface area contributed by atoms with Crippen molar-refractivity contribution >= 4 is 5.97 Å². The second-order valence-electron chi connectivity index (χ2n) is 11.8. The fraction of sp³-hybridized carbons (Fsp3) is 0.769. The Morgan fingerprint density at radius 1 is 1.09 bits per heavy atom. The van der Waals surface area contributed by atoms with E-state index in [-0.39, 0.29) is 35.2 Å². The summed E-state index contributed by atoms with van der Waals surface area (Å²) in [7, 11) is 0. The van der Waals surface area contributed by atoms with Crippen LogP contribution in [0.3, 0.4) is 0 Å². The van der Waals surface area contributed by atoms with Crippen LogP contribution < -0.4 is 5.63 Å². The van der Waals surface area contributed by atoms with Gasteiger partial charge < -0.3 is 29.2 Å². The van der Waals surface area contributed by atoms with Crippen LogP contribution in [0.5, 0.6) is 0 Å². The molecule has 12 atom stereocenters. The summed E-state index contributed by atoms with van der Waals surface area (Å²) in [6.45, 7) is 5.61. The summed E-state index contributed by atoms with van der Waals surface area (Å²) in [5.41, 5.74) is -1.36. The first kappa shape index (κ1) is 22.7. The summed E-state index contributed by atoms with van der Waals surface area (Å²) in [6.07, 6.45) is 1.77. The van der Waals surface area contributed by atoms with Crippen LogP contribution in [0.4, 0.5) is 0 Å². The molecule has 4 aliphatic carbocycles. The van der Waals surface area contributed by atoms with Gasteiger partial charge >= 0.3 is 11.6 Å². The predicted octanol–water partition coefficient (Wildman–Crippen LogP) is 1.74. The van der Waals surface area contributed by atoms with Crippen molar-refractivity contribution in [3.8, 4) is 0 Å². The van der Waals surface area contributed by atoms with E-state index in [9.17, 15) is 24.9 Å². The zero-order chi connectivity index (χ0) is 24.2. The van der Waals surface area contributed by atoms with Gasteiger partial charge in [0.25, 0.3) is 0 Å². The number of epoxide rings is 1. The van der Waals surface area contributed by atoms with Crippen molar-refractivity contribution < 1.29 is 34.0 Å². The second kappa shape index (κ2) is 7.15. The highest BCUT2D eigenvalue weighted by atomic mass is 16.7. The Balaban J connectivity index is 1.44. The first-order chi connectivity index (χ1) is 16.1. The van der Waals surface area contributed by atoms with Crippen LogP contribution in [0.2, 0.25) is 0 Å². The van der Waals surface area contributed by atoms with E-state index >= 15 is 0 Å². The summed E-state index contributed by atoms with van der Waals surface area (Å²) in [5, 5.41) is 33.0. The van der Waals surface area contributed by atoms with Crippen LogP contribution in [0.15, 0.2) is 27.6 Å². The largest absolute Gasteiger partial charge is 0.459 e. The molecule has 1 unspecified atom stereocenters. The van der Waals surface area contributed by atoms with Gasteiger partial charge in [-0.15, -0.1) is 0 Å². The molecular formula is C26H34O8. The van der Waals surface area contributed by atoms with Crippen LogP contribution in [0.25, 0.3) is 0 Å². The van der Waals surface area contributed by atoms with Crippen molar-refractivity contribution in [1.82, 2.24) is 0 Å². The van der Waals surface area contributed by atoms with Gasteiger partial charge in [0.1, 0.15) is 17.8 Å². The van der Waals surface area contributed by atoms with Crippen molar-refractivity contribution in [2.45, 2.75) is 94.9 Å². The Morgan fingerprint density at radius 3 is 2.50 bits per heavy atom. The molecule has 8 heteroatoms. The van der Waals surface area contributed by atoms with Gasteiger partial charge in [-0.05, 0) is 66.9 Å². The van der Waals surface area contributed by atoms with Gasteiger partial charge in [-0.1, -0.05) is 13.8 Å². The zero-order valence-corrected chi connectivity index (χ0v) is 19.8. The molecule has 3 N–H and O–H groups in total. The Bertz CT molecular complexity index is 1050. The molecule has 4 saturated carbocycles. The molecule has 1 aliphatic heterocycles. The number of rotatable bonds is 2. The molecule has 1 saturated heterocycles. The summed E-state index contributed by atoms with van der Waals surface area (Å²) >= 11 is 0. The molecule has 1 aromatic rings. The summed E-state index contributed by atoms with van der Waals surface area (Å²) in [5.74, 6) is -0.557. The number of carbonyl (C=O) groups is 1. The van der Waals surface area contributed by atoms with Crippen molar-refractivity contribution in [2.75, 3.05) is 0 Å². The molecule has 186 valence electrons. The lowest BCUT2D eigenvalue weighted by molar-refractivity contribution is -0.209. The number of esters is 1. The average molecular weight is 475 g/mol. The van der Waals surface area contributed by atoms with Crippen LogP contribution in [0, 0.1) is 28.6 Å². The quantitative estimate of drug-likeness (QED) is 0.437. The topological polar surface area (TPSA) is 130 Å². The van der Waals surface area contributed by atoms with E-state index in [2.05, 4.69) is 6.92 Å². The summed E-state index contributed by atoms with van der Waals surface area (Å²) in [6, 6.07) is 3.06. The lowest BCUT2D eigenvalue weighted by atomic mass is 9.43. The molecule has 1 spiro atoms. The Kier molecular flexibility index (Phi) is 4.78. The minimum absolute atomic E-state index is 0.0208. The Labute approximate surface area is 198 Å². The molecule has 8 nitrogen and oxygen atoms in total. The van der Waals surface area contributed by atoms with Crippen LogP contribution in [-0.2, 0) is 14.3 Å². The van der Waals surface area contributed by atoms with Crippen LogP contribution >= 0.6 is 0 Å². The van der Waals surface area contributed by atoms with Gasteiger partial charge in [-0.2, -0.15) is 0 Å². The maximum atomic E-state index is 12.1. The maximum Gasteiger partial charge on any atom is 0.335 e. The van der Waals surface area contributed by atoms with E-state index in [1.165, 1.54) is 19.3 Å². The van der Waals surface area contributed by atoms with Gasteiger partial charge in [0.05, 0.1) is 24.6 Å². The minimum Gasteiger partial charge on any atom is -0.459 e. The molecule has 1 aromatic heterocycles. The highest BCUT2D eigenvalue weighted by Gasteiger charge is 2.87. The predicted molar refractivity (Wildman–Crippen MR) is 119 cm³/mol. The molecular weight excluding hydrogens is 440 g/mol.